The van der Waals surface area contributed by atoms with Gasteiger partial charge in [0.1, 0.15) is 6.54 Å². The van der Waals surface area contributed by atoms with Crippen LogP contribution in [0.1, 0.15) is 11.1 Å². The minimum absolute atomic E-state index is 0.0184. The Morgan fingerprint density at radius 3 is 2.33 bits per heavy atom. The number of hydrogen-bond donors (Lipinski definition) is 1. The lowest BCUT2D eigenvalue weighted by Gasteiger charge is -2.13. The van der Waals surface area contributed by atoms with E-state index in [9.17, 15) is 34.6 Å². The largest absolute Gasteiger partial charge is 0.493 e. The highest BCUT2D eigenvalue weighted by Gasteiger charge is 2.36. The number of nitro benzene ring substituents is 2. The molecule has 1 saturated heterocycles. The first kappa shape index (κ1) is 27.8. The molecule has 0 radical (unpaired) electrons. The molecule has 4 rings (SSSR count). The van der Waals surface area contributed by atoms with Crippen LogP contribution in [0.3, 0.4) is 0 Å². The molecule has 0 unspecified atom stereocenters. The van der Waals surface area contributed by atoms with Gasteiger partial charge in [0.15, 0.2) is 11.5 Å². The van der Waals surface area contributed by atoms with E-state index < -0.39 is 44.8 Å². The second-order valence-corrected chi connectivity index (χ2v) is 9.35. The number of non-ortho nitro benzene ring substituents is 1. The molecule has 3 amide bonds. The molecule has 13 nitrogen and oxygen atoms in total. The molecule has 1 heterocycles. The summed E-state index contributed by atoms with van der Waals surface area (Å²) in [5.74, 6) is -1.28. The number of anilines is 1. The number of nitro groups is 2. The van der Waals surface area contributed by atoms with E-state index in [1.807, 2.05) is 19.1 Å². The molecule has 40 heavy (non-hydrogen) atoms. The van der Waals surface area contributed by atoms with Gasteiger partial charge >= 0.3 is 5.69 Å². The van der Waals surface area contributed by atoms with Gasteiger partial charge in [0.25, 0.3) is 16.8 Å². The topological polar surface area (TPSA) is 171 Å². The first-order valence-corrected chi connectivity index (χ1v) is 12.3. The van der Waals surface area contributed by atoms with E-state index in [1.54, 1.807) is 18.2 Å². The van der Waals surface area contributed by atoms with Crippen LogP contribution in [0.4, 0.5) is 21.9 Å². The number of nitrogens with one attached hydrogen (secondary N) is 1. The van der Waals surface area contributed by atoms with E-state index in [1.165, 1.54) is 25.3 Å². The minimum atomic E-state index is -0.816. The smallest absolute Gasteiger partial charge is 0.318 e. The molecule has 1 aliphatic heterocycles. The average molecular weight is 565 g/mol. The highest BCUT2D eigenvalue weighted by Crippen LogP contribution is 2.39. The third-order valence-electron chi connectivity index (χ3n) is 5.57. The maximum atomic E-state index is 12.9. The second-order valence-electron chi connectivity index (χ2n) is 8.36. The van der Waals surface area contributed by atoms with Crippen molar-refractivity contribution in [2.45, 2.75) is 6.92 Å². The third-order valence-corrected chi connectivity index (χ3v) is 6.47. The molecule has 204 valence electrons. The van der Waals surface area contributed by atoms with Crippen molar-refractivity contribution in [3.63, 3.8) is 0 Å². The number of carbonyl (C=O) groups is 3. The zero-order chi connectivity index (χ0) is 29.0. The van der Waals surface area contributed by atoms with Crippen LogP contribution in [0, 0.1) is 27.2 Å². The van der Waals surface area contributed by atoms with Gasteiger partial charge in [0.05, 0.1) is 27.9 Å². The fraction of sp³-hybridized carbons (Fsp3) is 0.115. The van der Waals surface area contributed by atoms with Crippen LogP contribution in [-0.4, -0.2) is 45.5 Å². The fourth-order valence-corrected chi connectivity index (χ4v) is 4.44. The number of carbonyl (C=O) groups excluding carboxylic acids is 3. The van der Waals surface area contributed by atoms with Crippen LogP contribution < -0.4 is 14.8 Å². The van der Waals surface area contributed by atoms with Gasteiger partial charge in [-0.15, -0.1) is 0 Å². The maximum absolute atomic E-state index is 12.9. The molecular formula is C26H20N4O9S. The number of aryl methyl sites for hydroxylation is 1. The Balaban J connectivity index is 1.54. The van der Waals surface area contributed by atoms with E-state index >= 15 is 0 Å². The van der Waals surface area contributed by atoms with Gasteiger partial charge in [0, 0.05) is 11.8 Å². The maximum Gasteiger partial charge on any atom is 0.318 e. The molecule has 0 bridgehead atoms. The lowest BCUT2D eigenvalue weighted by Crippen LogP contribution is -2.36. The lowest BCUT2D eigenvalue weighted by molar-refractivity contribution is -0.394. The summed E-state index contributed by atoms with van der Waals surface area (Å²) in [5.41, 5.74) is 0.800. The average Bonchev–Trinajstić information content (AvgIpc) is 3.17. The predicted molar refractivity (Wildman–Crippen MR) is 145 cm³/mol. The van der Waals surface area contributed by atoms with Gasteiger partial charge in [-0.3, -0.25) is 39.5 Å². The Labute approximate surface area is 230 Å². The molecule has 1 N–H and O–H groups in total. The van der Waals surface area contributed by atoms with Crippen molar-refractivity contribution >= 4 is 52.0 Å². The first-order valence-electron chi connectivity index (χ1n) is 11.5. The van der Waals surface area contributed by atoms with Crippen molar-refractivity contribution in [2.24, 2.45) is 0 Å². The molecule has 0 aliphatic carbocycles. The number of ether oxygens (including phenoxy) is 2. The quantitative estimate of drug-likeness (QED) is 0.205. The van der Waals surface area contributed by atoms with Gasteiger partial charge in [-0.25, -0.2) is 0 Å². The molecule has 3 aromatic rings. The Morgan fingerprint density at radius 1 is 0.975 bits per heavy atom. The van der Waals surface area contributed by atoms with Crippen LogP contribution in [0.25, 0.3) is 6.08 Å². The summed E-state index contributed by atoms with van der Waals surface area (Å²) in [6.07, 6.45) is 1.40. The summed E-state index contributed by atoms with van der Waals surface area (Å²) in [4.78, 5) is 59.6. The summed E-state index contributed by atoms with van der Waals surface area (Å²) >= 11 is 0.651. The number of amides is 3. The van der Waals surface area contributed by atoms with Gasteiger partial charge in [0.2, 0.25) is 11.7 Å². The van der Waals surface area contributed by atoms with Crippen molar-refractivity contribution in [3.8, 4) is 17.2 Å². The second kappa shape index (κ2) is 11.7. The zero-order valence-electron chi connectivity index (χ0n) is 21.0. The number of thioether (sulfide) groups is 1. The van der Waals surface area contributed by atoms with E-state index in [-0.39, 0.29) is 22.2 Å². The van der Waals surface area contributed by atoms with Gasteiger partial charge in [-0.2, -0.15) is 0 Å². The summed E-state index contributed by atoms with van der Waals surface area (Å²) in [5, 5.41) is 24.5. The van der Waals surface area contributed by atoms with Crippen LogP contribution >= 0.6 is 11.8 Å². The molecule has 3 aromatic carbocycles. The Bertz CT molecular complexity index is 1570. The Kier molecular flexibility index (Phi) is 8.09. The van der Waals surface area contributed by atoms with Crippen LogP contribution in [0.15, 0.2) is 65.6 Å². The molecular weight excluding hydrogens is 544 g/mol. The molecule has 1 fully saturated rings. The van der Waals surface area contributed by atoms with E-state index in [2.05, 4.69) is 5.32 Å². The summed E-state index contributed by atoms with van der Waals surface area (Å²) < 4.78 is 10.9. The number of rotatable bonds is 9. The summed E-state index contributed by atoms with van der Waals surface area (Å²) in [6, 6.07) is 14.4. The Hall–Kier alpha value is -5.24. The van der Waals surface area contributed by atoms with E-state index in [0.717, 1.165) is 28.7 Å². The normalized spacial score (nSPS) is 13.8. The van der Waals surface area contributed by atoms with Crippen molar-refractivity contribution < 1.29 is 33.7 Å². The van der Waals surface area contributed by atoms with Crippen LogP contribution in [0.2, 0.25) is 0 Å². The number of benzene rings is 3. The van der Waals surface area contributed by atoms with Crippen molar-refractivity contribution in [1.29, 1.82) is 0 Å². The third kappa shape index (κ3) is 6.24. The fourth-order valence-electron chi connectivity index (χ4n) is 3.60. The van der Waals surface area contributed by atoms with Crippen molar-refractivity contribution in [2.75, 3.05) is 19.0 Å². The molecule has 0 saturated carbocycles. The monoisotopic (exact) mass is 564 g/mol. The van der Waals surface area contributed by atoms with Gasteiger partial charge in [-0.05, 0) is 60.7 Å². The van der Waals surface area contributed by atoms with Crippen molar-refractivity contribution in [3.05, 3.63) is 96.9 Å². The minimum Gasteiger partial charge on any atom is -0.493 e. The number of nitrogens with zero attached hydrogens (tertiary/aromatic N) is 3. The zero-order valence-corrected chi connectivity index (χ0v) is 21.8. The number of methoxy groups -OCH3 is 1. The SMILES string of the molecule is COc1ccc(/C=C2\SC(=O)N(CC(=O)Nc3ccc(C)cc3)C2=O)cc1Oc1ccc([N+](=O)[O-])cc1[N+](=O)[O-]. The summed E-state index contributed by atoms with van der Waals surface area (Å²) in [6.45, 7) is 1.42. The van der Waals surface area contributed by atoms with Crippen LogP contribution in [-0.2, 0) is 9.59 Å². The lowest BCUT2D eigenvalue weighted by atomic mass is 10.1. The summed E-state index contributed by atoms with van der Waals surface area (Å²) in [7, 11) is 1.35. The molecule has 14 heteroatoms. The molecule has 0 atom stereocenters. The number of imide groups is 1. The highest BCUT2D eigenvalue weighted by atomic mass is 32.2. The van der Waals surface area contributed by atoms with Gasteiger partial charge in [-0.1, -0.05) is 23.8 Å². The number of hydrogen-bond acceptors (Lipinski definition) is 10. The highest BCUT2D eigenvalue weighted by molar-refractivity contribution is 8.18. The predicted octanol–water partition coefficient (Wildman–Crippen LogP) is 5.29. The Morgan fingerprint density at radius 2 is 1.68 bits per heavy atom. The molecule has 0 aromatic heterocycles. The molecule has 1 aliphatic rings. The molecule has 0 spiro atoms. The standard InChI is InChI=1S/C26H20N4O9S/c1-15-3-6-17(7-4-15)27-24(31)14-28-25(32)23(40-26(28)33)12-16-5-9-21(38-2)22(11-16)39-20-10-8-18(29(34)35)13-19(20)30(36)37/h3-13H,14H2,1-2H3,(H,27,31)/b23-12-. The first-order chi connectivity index (χ1) is 19.0. The van der Waals surface area contributed by atoms with E-state index in [4.69, 9.17) is 9.47 Å². The van der Waals surface area contributed by atoms with E-state index in [0.29, 0.717) is 23.0 Å². The van der Waals surface area contributed by atoms with Crippen molar-refractivity contribution in [1.82, 2.24) is 4.90 Å². The van der Waals surface area contributed by atoms with Crippen LogP contribution in [0.5, 0.6) is 17.2 Å². The van der Waals surface area contributed by atoms with Gasteiger partial charge < -0.3 is 14.8 Å².